The molecule has 0 heterocycles. The summed E-state index contributed by atoms with van der Waals surface area (Å²) in [4.78, 5) is 50.8. The first-order chi connectivity index (χ1) is 17.6. The Hall–Kier alpha value is -2.81. The number of carbonyl (C=O) groups excluding carboxylic acids is 4. The molecule has 0 aromatic rings. The predicted octanol–water partition coefficient (Wildman–Crippen LogP) is 3.73. The number of carbonyl (C=O) groups is 4. The number of aliphatic hydroxyl groups is 2. The smallest absolute Gasteiger partial charge is 0.309 e. The number of halogens is 1. The number of hydrogen-bond acceptors (Lipinski definition) is 8. The molecule has 0 unspecified atom stereocenters. The summed E-state index contributed by atoms with van der Waals surface area (Å²) < 4.78 is 28.6. The lowest BCUT2D eigenvalue weighted by molar-refractivity contribution is -0.220. The second-order valence-electron chi connectivity index (χ2n) is 12.0. The third-order valence-corrected chi connectivity index (χ3v) is 9.63. The molecule has 0 aliphatic heterocycles. The van der Waals surface area contributed by atoms with Crippen molar-refractivity contribution in [1.29, 1.82) is 0 Å². The molecule has 8 atom stereocenters. The highest BCUT2D eigenvalue weighted by molar-refractivity contribution is 6.02. The third-order valence-electron chi connectivity index (χ3n) is 9.63. The van der Waals surface area contributed by atoms with Crippen molar-refractivity contribution in [3.63, 3.8) is 0 Å². The van der Waals surface area contributed by atoms with Crippen LogP contribution in [0.15, 0.2) is 35.6 Å². The summed E-state index contributed by atoms with van der Waals surface area (Å²) in [6.45, 7) is 9.22. The molecule has 4 rings (SSSR count). The standard InChI is InChI=1S/C29H37FO8/c1-7-24(35)37-14-23(34)29(38-25(36)15(2)3)16(4)10-18-19-12-21(32)20-11-17(31)8-9-26(20,5)28(19,30)22(33)13-27(18,29)6/h8-9,11-12,15-16,18-19,22,32-33H,7,10,13-14H2,1-6H3/t16-,18-,19-,22-,26-,27-,28-,29+/m0/s1. The fourth-order valence-electron chi connectivity index (χ4n) is 7.60. The number of Topliss-reactive ketones (excluding diaryl/α,β-unsaturated/α-hetero) is 1. The van der Waals surface area contributed by atoms with Crippen LogP contribution in [0.4, 0.5) is 4.39 Å². The first-order valence-corrected chi connectivity index (χ1v) is 13.2. The number of aliphatic hydroxyl groups excluding tert-OH is 2. The summed E-state index contributed by atoms with van der Waals surface area (Å²) in [5, 5.41) is 22.5. The lowest BCUT2D eigenvalue weighted by atomic mass is 9.46. The number of rotatable bonds is 6. The molecule has 0 radical (unpaired) electrons. The van der Waals surface area contributed by atoms with Crippen LogP contribution in [0.5, 0.6) is 0 Å². The Bertz CT molecular complexity index is 1170. The van der Waals surface area contributed by atoms with Crippen molar-refractivity contribution in [1.82, 2.24) is 0 Å². The van der Waals surface area contributed by atoms with Gasteiger partial charge in [-0.2, -0.15) is 0 Å². The van der Waals surface area contributed by atoms with Gasteiger partial charge in [0.25, 0.3) is 0 Å². The number of fused-ring (bicyclic) bond motifs is 5. The number of alkyl halides is 1. The van der Waals surface area contributed by atoms with Crippen LogP contribution in [-0.4, -0.2) is 57.7 Å². The lowest BCUT2D eigenvalue weighted by Gasteiger charge is -2.61. The van der Waals surface area contributed by atoms with Crippen LogP contribution in [0.3, 0.4) is 0 Å². The van der Waals surface area contributed by atoms with Gasteiger partial charge in [-0.1, -0.05) is 40.7 Å². The van der Waals surface area contributed by atoms with Gasteiger partial charge in [-0.3, -0.25) is 19.2 Å². The third kappa shape index (κ3) is 3.57. The van der Waals surface area contributed by atoms with Crippen molar-refractivity contribution in [3.8, 4) is 0 Å². The Kier molecular flexibility index (Phi) is 6.78. The molecule has 38 heavy (non-hydrogen) atoms. The van der Waals surface area contributed by atoms with Gasteiger partial charge in [0.1, 0.15) is 5.76 Å². The second kappa shape index (κ2) is 9.14. The topological polar surface area (TPSA) is 127 Å². The molecular weight excluding hydrogens is 495 g/mol. The van der Waals surface area contributed by atoms with Gasteiger partial charge in [0.05, 0.1) is 17.4 Å². The fraction of sp³-hybridized carbons (Fsp3) is 0.655. The van der Waals surface area contributed by atoms with Crippen LogP contribution in [0.1, 0.15) is 60.8 Å². The highest BCUT2D eigenvalue weighted by Gasteiger charge is 2.77. The largest absolute Gasteiger partial charge is 0.508 e. The van der Waals surface area contributed by atoms with Crippen molar-refractivity contribution >= 4 is 23.5 Å². The molecule has 2 N–H and O–H groups in total. The van der Waals surface area contributed by atoms with Crippen LogP contribution < -0.4 is 0 Å². The Labute approximate surface area is 221 Å². The monoisotopic (exact) mass is 532 g/mol. The van der Waals surface area contributed by atoms with E-state index in [0.717, 1.165) is 0 Å². The molecule has 0 saturated heterocycles. The Balaban J connectivity index is 1.88. The van der Waals surface area contributed by atoms with E-state index in [1.54, 1.807) is 41.5 Å². The van der Waals surface area contributed by atoms with Crippen molar-refractivity contribution in [2.45, 2.75) is 78.2 Å². The van der Waals surface area contributed by atoms with E-state index in [-0.39, 0.29) is 30.6 Å². The molecule has 4 aliphatic rings. The maximum atomic E-state index is 17.4. The Morgan fingerprint density at radius 1 is 1.24 bits per heavy atom. The summed E-state index contributed by atoms with van der Waals surface area (Å²) in [5.74, 6) is -5.37. The van der Waals surface area contributed by atoms with Crippen molar-refractivity contribution in [2.24, 2.45) is 34.5 Å². The fourth-order valence-corrected chi connectivity index (χ4v) is 7.60. The van der Waals surface area contributed by atoms with Gasteiger partial charge in [-0.25, -0.2) is 4.39 Å². The molecule has 208 valence electrons. The van der Waals surface area contributed by atoms with Gasteiger partial charge in [0.15, 0.2) is 23.7 Å². The number of esters is 2. The number of ether oxygens (including phenoxy) is 2. The summed E-state index contributed by atoms with van der Waals surface area (Å²) >= 11 is 0. The second-order valence-corrected chi connectivity index (χ2v) is 12.0. The van der Waals surface area contributed by atoms with Gasteiger partial charge in [-0.15, -0.1) is 0 Å². The first-order valence-electron chi connectivity index (χ1n) is 13.2. The average molecular weight is 533 g/mol. The number of hydrogen-bond donors (Lipinski definition) is 2. The van der Waals surface area contributed by atoms with Crippen molar-refractivity contribution in [3.05, 3.63) is 35.6 Å². The van der Waals surface area contributed by atoms with Crippen LogP contribution >= 0.6 is 0 Å². The van der Waals surface area contributed by atoms with E-state index in [4.69, 9.17) is 9.47 Å². The van der Waals surface area contributed by atoms with Crippen molar-refractivity contribution in [2.75, 3.05) is 6.61 Å². The predicted molar refractivity (Wildman–Crippen MR) is 134 cm³/mol. The van der Waals surface area contributed by atoms with E-state index in [9.17, 15) is 29.4 Å². The normalized spacial score (nSPS) is 41.4. The molecule has 0 aromatic heterocycles. The maximum absolute atomic E-state index is 17.4. The Morgan fingerprint density at radius 2 is 1.89 bits per heavy atom. The summed E-state index contributed by atoms with van der Waals surface area (Å²) in [6.07, 6.45) is 3.58. The van der Waals surface area contributed by atoms with E-state index in [2.05, 4.69) is 0 Å². The maximum Gasteiger partial charge on any atom is 0.309 e. The molecule has 9 heteroatoms. The molecule has 4 aliphatic carbocycles. The minimum atomic E-state index is -2.32. The van der Waals surface area contributed by atoms with Crippen molar-refractivity contribution < 1.29 is 43.3 Å². The van der Waals surface area contributed by atoms with Crippen LogP contribution in [0.25, 0.3) is 0 Å². The first kappa shape index (κ1) is 28.2. The molecule has 0 bridgehead atoms. The average Bonchev–Trinajstić information content (AvgIpc) is 3.07. The van der Waals surface area contributed by atoms with E-state index < -0.39 is 82.0 Å². The number of ketones is 2. The van der Waals surface area contributed by atoms with Gasteiger partial charge in [0.2, 0.25) is 5.78 Å². The molecule has 2 saturated carbocycles. The lowest BCUT2D eigenvalue weighted by Crippen LogP contribution is -2.69. The van der Waals surface area contributed by atoms with Crippen LogP contribution in [-0.2, 0) is 28.7 Å². The SMILES string of the molecule is CCC(=O)OCC(=O)[C@]1(OC(=O)C(C)C)[C@@H](C)C[C@H]2[C@@H]3C=C(O)C4=CC(=O)C=C[C@]4(C)[C@@]3(F)[C@@H](O)C[C@@]21C. The van der Waals surface area contributed by atoms with E-state index in [1.807, 2.05) is 0 Å². The van der Waals surface area contributed by atoms with Gasteiger partial charge in [-0.05, 0) is 43.9 Å². The summed E-state index contributed by atoms with van der Waals surface area (Å²) in [5.41, 5.74) is -6.78. The van der Waals surface area contributed by atoms with E-state index >= 15 is 4.39 Å². The summed E-state index contributed by atoms with van der Waals surface area (Å²) in [7, 11) is 0. The van der Waals surface area contributed by atoms with Gasteiger partial charge < -0.3 is 19.7 Å². The molecular formula is C29H37FO8. The number of allylic oxidation sites excluding steroid dienone is 5. The molecule has 2 fully saturated rings. The molecule has 0 spiro atoms. The highest BCUT2D eigenvalue weighted by atomic mass is 19.1. The van der Waals surface area contributed by atoms with E-state index in [0.29, 0.717) is 0 Å². The van der Waals surface area contributed by atoms with Gasteiger partial charge >= 0.3 is 11.9 Å². The minimum Gasteiger partial charge on any atom is -0.508 e. The highest BCUT2D eigenvalue weighted by Crippen LogP contribution is 2.70. The summed E-state index contributed by atoms with van der Waals surface area (Å²) in [6, 6.07) is 0. The van der Waals surface area contributed by atoms with Crippen LogP contribution in [0.2, 0.25) is 0 Å². The molecule has 0 aromatic carbocycles. The zero-order valence-electron chi connectivity index (χ0n) is 22.7. The molecule has 8 nitrogen and oxygen atoms in total. The Morgan fingerprint density at radius 3 is 2.50 bits per heavy atom. The zero-order chi connectivity index (χ0) is 28.4. The van der Waals surface area contributed by atoms with Crippen LogP contribution in [0, 0.1) is 34.5 Å². The van der Waals surface area contributed by atoms with E-state index in [1.165, 1.54) is 24.3 Å². The quantitative estimate of drug-likeness (QED) is 0.496. The van der Waals surface area contributed by atoms with Gasteiger partial charge in [0, 0.05) is 29.2 Å². The zero-order valence-corrected chi connectivity index (χ0v) is 22.7. The minimum absolute atomic E-state index is 0.0567. The molecule has 0 amide bonds.